The molecule has 2 N–H and O–H groups in total. The second-order valence-corrected chi connectivity index (χ2v) is 6.85. The van der Waals surface area contributed by atoms with Gasteiger partial charge in [0.2, 0.25) is 0 Å². The fourth-order valence-electron chi connectivity index (χ4n) is 2.94. The molecule has 0 amide bonds. The summed E-state index contributed by atoms with van der Waals surface area (Å²) in [5, 5.41) is 11.0. The fourth-order valence-corrected chi connectivity index (χ4v) is 3.60. The molecule has 132 valence electrons. The number of aliphatic imine (C=N–C) groups is 1. The van der Waals surface area contributed by atoms with Crippen LogP contribution in [0.1, 0.15) is 44.6 Å². The maximum atomic E-state index is 4.27. The number of piperidine rings is 1. The van der Waals surface area contributed by atoms with E-state index in [1.807, 2.05) is 7.05 Å². The molecule has 2 rings (SSSR count). The van der Waals surface area contributed by atoms with E-state index in [9.17, 15) is 0 Å². The SMILES string of the molecule is CN=C(NCCCCN1CCCCC1C)NCc1ccsc1.I. The van der Waals surface area contributed by atoms with Gasteiger partial charge in [-0.25, -0.2) is 0 Å². The van der Waals surface area contributed by atoms with E-state index in [1.54, 1.807) is 11.3 Å². The fraction of sp³-hybridized carbons (Fsp3) is 0.706. The Labute approximate surface area is 162 Å². The average molecular weight is 450 g/mol. The normalized spacial score (nSPS) is 19.2. The molecular formula is C17H31IN4S. The summed E-state index contributed by atoms with van der Waals surface area (Å²) in [6.45, 7) is 6.73. The van der Waals surface area contributed by atoms with Gasteiger partial charge in [-0.15, -0.1) is 24.0 Å². The van der Waals surface area contributed by atoms with Crippen LogP contribution in [0.4, 0.5) is 0 Å². The molecule has 1 saturated heterocycles. The highest BCUT2D eigenvalue weighted by Gasteiger charge is 2.16. The van der Waals surface area contributed by atoms with Gasteiger partial charge in [-0.2, -0.15) is 11.3 Å². The summed E-state index contributed by atoms with van der Waals surface area (Å²) in [4.78, 5) is 6.92. The Morgan fingerprint density at radius 3 is 2.91 bits per heavy atom. The Kier molecular flexibility index (Phi) is 10.9. The van der Waals surface area contributed by atoms with Gasteiger partial charge < -0.3 is 15.5 Å². The van der Waals surface area contributed by atoms with Gasteiger partial charge in [-0.1, -0.05) is 6.42 Å². The number of hydrogen-bond acceptors (Lipinski definition) is 3. The highest BCUT2D eigenvalue weighted by atomic mass is 127. The Bertz CT molecular complexity index is 436. The largest absolute Gasteiger partial charge is 0.356 e. The van der Waals surface area contributed by atoms with Crippen molar-refractivity contribution in [1.82, 2.24) is 15.5 Å². The van der Waals surface area contributed by atoms with Gasteiger partial charge in [0.1, 0.15) is 0 Å². The molecule has 0 radical (unpaired) electrons. The molecule has 1 atom stereocenters. The van der Waals surface area contributed by atoms with Crippen molar-refractivity contribution in [2.75, 3.05) is 26.7 Å². The zero-order valence-corrected chi connectivity index (χ0v) is 17.5. The zero-order valence-electron chi connectivity index (χ0n) is 14.4. The number of likely N-dealkylation sites (tertiary alicyclic amines) is 1. The molecule has 0 aromatic carbocycles. The summed E-state index contributed by atoms with van der Waals surface area (Å²) < 4.78 is 0. The van der Waals surface area contributed by atoms with Gasteiger partial charge in [0.15, 0.2) is 5.96 Å². The van der Waals surface area contributed by atoms with Crippen molar-refractivity contribution < 1.29 is 0 Å². The van der Waals surface area contributed by atoms with E-state index in [1.165, 1.54) is 50.8 Å². The Morgan fingerprint density at radius 2 is 2.22 bits per heavy atom. The van der Waals surface area contributed by atoms with E-state index in [0.717, 1.165) is 25.1 Å². The lowest BCUT2D eigenvalue weighted by molar-refractivity contribution is 0.158. The summed E-state index contributed by atoms with van der Waals surface area (Å²) in [6, 6.07) is 2.92. The smallest absolute Gasteiger partial charge is 0.191 e. The van der Waals surface area contributed by atoms with Crippen molar-refractivity contribution in [3.63, 3.8) is 0 Å². The molecule has 1 aromatic rings. The summed E-state index contributed by atoms with van der Waals surface area (Å²) >= 11 is 1.73. The summed E-state index contributed by atoms with van der Waals surface area (Å²) in [5.41, 5.74) is 1.31. The Morgan fingerprint density at radius 1 is 1.35 bits per heavy atom. The first-order valence-corrected chi connectivity index (χ1v) is 9.43. The second-order valence-electron chi connectivity index (χ2n) is 6.07. The first-order chi connectivity index (χ1) is 10.8. The van der Waals surface area contributed by atoms with Crippen molar-refractivity contribution in [2.24, 2.45) is 4.99 Å². The molecule has 0 saturated carbocycles. The molecule has 0 bridgehead atoms. The van der Waals surface area contributed by atoms with Crippen molar-refractivity contribution in [1.29, 1.82) is 0 Å². The van der Waals surface area contributed by atoms with Crippen LogP contribution in [0.3, 0.4) is 0 Å². The van der Waals surface area contributed by atoms with Gasteiger partial charge in [0.05, 0.1) is 0 Å². The summed E-state index contributed by atoms with van der Waals surface area (Å²) in [7, 11) is 1.83. The topological polar surface area (TPSA) is 39.7 Å². The number of guanidine groups is 1. The summed E-state index contributed by atoms with van der Waals surface area (Å²) in [5.74, 6) is 0.901. The van der Waals surface area contributed by atoms with Crippen LogP contribution in [-0.2, 0) is 6.54 Å². The molecule has 6 heteroatoms. The molecule has 1 aliphatic rings. The predicted octanol–water partition coefficient (Wildman–Crippen LogP) is 3.69. The highest BCUT2D eigenvalue weighted by molar-refractivity contribution is 14.0. The molecule has 1 aromatic heterocycles. The van der Waals surface area contributed by atoms with Crippen LogP contribution in [0.2, 0.25) is 0 Å². The first kappa shape index (κ1) is 20.7. The third-order valence-electron chi connectivity index (χ3n) is 4.37. The number of thiophene rings is 1. The lowest BCUT2D eigenvalue weighted by Gasteiger charge is -2.33. The van der Waals surface area contributed by atoms with Crippen molar-refractivity contribution >= 4 is 41.3 Å². The lowest BCUT2D eigenvalue weighted by atomic mass is 10.0. The quantitative estimate of drug-likeness (QED) is 0.288. The number of rotatable bonds is 7. The Balaban J connectivity index is 0.00000264. The minimum Gasteiger partial charge on any atom is -0.356 e. The number of unbranched alkanes of at least 4 members (excludes halogenated alkanes) is 1. The van der Waals surface area contributed by atoms with Gasteiger partial charge in [-0.3, -0.25) is 4.99 Å². The van der Waals surface area contributed by atoms with Crippen molar-refractivity contribution in [3.05, 3.63) is 22.4 Å². The van der Waals surface area contributed by atoms with Crippen LogP contribution in [0.5, 0.6) is 0 Å². The molecule has 4 nitrogen and oxygen atoms in total. The summed E-state index contributed by atoms with van der Waals surface area (Å²) in [6.07, 6.45) is 6.62. The maximum Gasteiger partial charge on any atom is 0.191 e. The van der Waals surface area contributed by atoms with E-state index < -0.39 is 0 Å². The third kappa shape index (κ3) is 7.85. The number of nitrogens with one attached hydrogen (secondary N) is 2. The van der Waals surface area contributed by atoms with E-state index in [4.69, 9.17) is 0 Å². The molecule has 23 heavy (non-hydrogen) atoms. The molecule has 1 fully saturated rings. The first-order valence-electron chi connectivity index (χ1n) is 8.49. The van der Waals surface area contributed by atoms with Crippen molar-refractivity contribution in [3.8, 4) is 0 Å². The van der Waals surface area contributed by atoms with E-state index in [2.05, 4.69) is 44.3 Å². The van der Waals surface area contributed by atoms with Crippen LogP contribution in [-0.4, -0.2) is 43.6 Å². The average Bonchev–Trinajstić information content (AvgIpc) is 3.05. The lowest BCUT2D eigenvalue weighted by Crippen LogP contribution is -2.39. The monoisotopic (exact) mass is 450 g/mol. The van der Waals surface area contributed by atoms with Gasteiger partial charge in [-0.05, 0) is 68.1 Å². The molecule has 1 unspecified atom stereocenters. The maximum absolute atomic E-state index is 4.27. The van der Waals surface area contributed by atoms with Crippen LogP contribution in [0.25, 0.3) is 0 Å². The third-order valence-corrected chi connectivity index (χ3v) is 5.10. The molecule has 2 heterocycles. The van der Waals surface area contributed by atoms with Gasteiger partial charge in [0, 0.05) is 26.2 Å². The van der Waals surface area contributed by atoms with Crippen LogP contribution in [0, 0.1) is 0 Å². The minimum atomic E-state index is 0. The van der Waals surface area contributed by atoms with Gasteiger partial charge in [0.25, 0.3) is 0 Å². The molecular weight excluding hydrogens is 419 g/mol. The van der Waals surface area contributed by atoms with Crippen LogP contribution >= 0.6 is 35.3 Å². The molecule has 1 aliphatic heterocycles. The predicted molar refractivity (Wildman–Crippen MR) is 112 cm³/mol. The van der Waals surface area contributed by atoms with E-state index >= 15 is 0 Å². The van der Waals surface area contributed by atoms with Crippen molar-refractivity contribution in [2.45, 2.75) is 51.6 Å². The molecule has 0 aliphatic carbocycles. The second kappa shape index (κ2) is 12.1. The van der Waals surface area contributed by atoms with Crippen LogP contribution < -0.4 is 10.6 Å². The standard InChI is InChI=1S/C17H30N4S.HI/c1-15-7-3-5-10-21(15)11-6-4-9-19-17(18-2)20-13-16-8-12-22-14-16;/h8,12,14-15H,3-7,9-11,13H2,1-2H3,(H2,18,19,20);1H. The van der Waals surface area contributed by atoms with E-state index in [0.29, 0.717) is 0 Å². The number of nitrogens with zero attached hydrogens (tertiary/aromatic N) is 2. The number of hydrogen-bond donors (Lipinski definition) is 2. The van der Waals surface area contributed by atoms with Gasteiger partial charge >= 0.3 is 0 Å². The molecule has 0 spiro atoms. The van der Waals surface area contributed by atoms with Crippen LogP contribution in [0.15, 0.2) is 21.8 Å². The number of halogens is 1. The zero-order chi connectivity index (χ0) is 15.6. The Hall–Kier alpha value is -0.340. The van der Waals surface area contributed by atoms with E-state index in [-0.39, 0.29) is 24.0 Å². The minimum absolute atomic E-state index is 0. The highest BCUT2D eigenvalue weighted by Crippen LogP contribution is 2.16.